The third-order valence-electron chi connectivity index (χ3n) is 7.40. The molecule has 0 saturated heterocycles. The number of aryl methyl sites for hydroxylation is 1. The van der Waals surface area contributed by atoms with Gasteiger partial charge in [0.25, 0.3) is 0 Å². The number of hydrogen-bond donors (Lipinski definition) is 1. The van der Waals surface area contributed by atoms with Crippen LogP contribution in [0.2, 0.25) is 5.02 Å². The van der Waals surface area contributed by atoms with Crippen LogP contribution < -0.4 is 5.32 Å². The summed E-state index contributed by atoms with van der Waals surface area (Å²) < 4.78 is 2.60. The van der Waals surface area contributed by atoms with E-state index in [-0.39, 0.29) is 0 Å². The number of nitrogens with zero attached hydrogens (tertiary/aromatic N) is 3. The standard InChI is InChI=1S/C28H39ClN4/c1-6-31(7-2)15-14-23-22-12-11-21(29)19-25(22)30-27-24-18-20(5)10-13-26(24)33(28(23)27)17-16-32(8-3)9-4/h10-13,18-19,23,30H,6-9,14-17H2,1-5H3. The van der Waals surface area contributed by atoms with Crippen LogP contribution in [0.1, 0.15) is 56.9 Å². The normalized spacial score (nSPS) is 15.2. The largest absolute Gasteiger partial charge is 0.353 e. The fourth-order valence-electron chi connectivity index (χ4n) is 5.37. The maximum Gasteiger partial charge on any atom is 0.0683 e. The van der Waals surface area contributed by atoms with Crippen molar-refractivity contribution < 1.29 is 0 Å². The Morgan fingerprint density at radius 1 is 0.909 bits per heavy atom. The van der Waals surface area contributed by atoms with Crippen molar-refractivity contribution in [3.63, 3.8) is 0 Å². The van der Waals surface area contributed by atoms with Crippen molar-refractivity contribution in [1.29, 1.82) is 0 Å². The maximum atomic E-state index is 6.43. The van der Waals surface area contributed by atoms with Crippen LogP contribution in [-0.4, -0.2) is 53.6 Å². The lowest BCUT2D eigenvalue weighted by Crippen LogP contribution is -2.29. The SMILES string of the molecule is CCN(CC)CCC1c2ccc(Cl)cc2Nc2c1n(CCN(CC)CC)c1ccc(C)cc21. The van der Waals surface area contributed by atoms with Crippen LogP contribution in [0.25, 0.3) is 10.9 Å². The van der Waals surface area contributed by atoms with Crippen molar-refractivity contribution in [2.24, 2.45) is 0 Å². The van der Waals surface area contributed by atoms with Crippen molar-refractivity contribution in [2.75, 3.05) is 44.6 Å². The lowest BCUT2D eigenvalue weighted by molar-refractivity contribution is 0.285. The summed E-state index contributed by atoms with van der Waals surface area (Å²) in [6, 6.07) is 13.3. The summed E-state index contributed by atoms with van der Waals surface area (Å²) in [6.45, 7) is 18.7. The first-order valence-electron chi connectivity index (χ1n) is 12.6. The second-order valence-electron chi connectivity index (χ2n) is 9.18. The smallest absolute Gasteiger partial charge is 0.0683 e. The second-order valence-corrected chi connectivity index (χ2v) is 9.62. The van der Waals surface area contributed by atoms with Crippen LogP contribution in [0.15, 0.2) is 36.4 Å². The Kier molecular flexibility index (Phi) is 7.68. The van der Waals surface area contributed by atoms with Crippen LogP contribution in [0.3, 0.4) is 0 Å². The first-order valence-corrected chi connectivity index (χ1v) is 13.0. The summed E-state index contributed by atoms with van der Waals surface area (Å²) in [7, 11) is 0. The van der Waals surface area contributed by atoms with Crippen molar-refractivity contribution in [3.05, 3.63) is 58.2 Å². The van der Waals surface area contributed by atoms with Gasteiger partial charge in [-0.3, -0.25) is 0 Å². The van der Waals surface area contributed by atoms with Crippen molar-refractivity contribution in [3.8, 4) is 0 Å². The number of rotatable bonds is 10. The third kappa shape index (κ3) is 4.80. The second kappa shape index (κ2) is 10.5. The van der Waals surface area contributed by atoms with Gasteiger partial charge in [-0.05, 0) is 75.9 Å². The van der Waals surface area contributed by atoms with Gasteiger partial charge >= 0.3 is 0 Å². The predicted octanol–water partition coefficient (Wildman–Crippen LogP) is 6.87. The first kappa shape index (κ1) is 24.1. The highest BCUT2D eigenvalue weighted by atomic mass is 35.5. The molecular formula is C28H39ClN4. The molecule has 4 rings (SSSR count). The summed E-state index contributed by atoms with van der Waals surface area (Å²) >= 11 is 6.43. The number of halogens is 1. The van der Waals surface area contributed by atoms with E-state index < -0.39 is 0 Å². The lowest BCUT2D eigenvalue weighted by atomic mass is 9.87. The summed E-state index contributed by atoms with van der Waals surface area (Å²) in [6.07, 6.45) is 1.10. The van der Waals surface area contributed by atoms with Crippen LogP contribution >= 0.6 is 11.6 Å². The number of benzene rings is 2. The van der Waals surface area contributed by atoms with Crippen molar-refractivity contribution in [2.45, 2.75) is 53.5 Å². The molecule has 1 aromatic heterocycles. The molecule has 1 N–H and O–H groups in total. The fraction of sp³-hybridized carbons (Fsp3) is 0.500. The first-order chi connectivity index (χ1) is 16.0. The highest BCUT2D eigenvalue weighted by Crippen LogP contribution is 2.48. The molecule has 0 fully saturated rings. The third-order valence-corrected chi connectivity index (χ3v) is 7.64. The molecule has 0 aliphatic carbocycles. The Balaban J connectivity index is 1.85. The topological polar surface area (TPSA) is 23.4 Å². The number of anilines is 2. The van der Waals surface area contributed by atoms with Gasteiger partial charge in [0.1, 0.15) is 0 Å². The number of aromatic nitrogens is 1. The maximum absolute atomic E-state index is 6.43. The van der Waals surface area contributed by atoms with E-state index in [1.165, 1.54) is 33.4 Å². The van der Waals surface area contributed by atoms with Gasteiger partial charge in [0.05, 0.1) is 16.9 Å². The zero-order valence-electron chi connectivity index (χ0n) is 20.9. The average molecular weight is 467 g/mol. The molecule has 178 valence electrons. The molecule has 1 aliphatic heterocycles. The molecule has 0 amide bonds. The fourth-order valence-corrected chi connectivity index (χ4v) is 5.54. The van der Waals surface area contributed by atoms with Gasteiger partial charge in [-0.15, -0.1) is 0 Å². The van der Waals surface area contributed by atoms with Crippen molar-refractivity contribution in [1.82, 2.24) is 14.4 Å². The molecule has 0 bridgehead atoms. The van der Waals surface area contributed by atoms with Gasteiger partial charge in [0.2, 0.25) is 0 Å². The van der Waals surface area contributed by atoms with Crippen LogP contribution in [0.5, 0.6) is 0 Å². The van der Waals surface area contributed by atoms with E-state index in [4.69, 9.17) is 11.6 Å². The van der Waals surface area contributed by atoms with Gasteiger partial charge in [-0.2, -0.15) is 0 Å². The molecule has 33 heavy (non-hydrogen) atoms. The molecule has 0 spiro atoms. The van der Waals surface area contributed by atoms with E-state index in [0.29, 0.717) is 5.92 Å². The number of fused-ring (bicyclic) bond motifs is 4. The van der Waals surface area contributed by atoms with Crippen LogP contribution in [0, 0.1) is 6.92 Å². The van der Waals surface area contributed by atoms with Crippen LogP contribution in [0.4, 0.5) is 11.4 Å². The molecule has 1 atom stereocenters. The Hall–Kier alpha value is -2.01. The molecule has 1 aliphatic rings. The summed E-state index contributed by atoms with van der Waals surface area (Å²) in [5.41, 5.74) is 7.85. The predicted molar refractivity (Wildman–Crippen MR) is 143 cm³/mol. The highest BCUT2D eigenvalue weighted by molar-refractivity contribution is 6.31. The Labute approximate surface area is 204 Å². The Morgan fingerprint density at radius 3 is 2.30 bits per heavy atom. The van der Waals surface area contributed by atoms with E-state index in [1.807, 2.05) is 6.07 Å². The van der Waals surface area contributed by atoms with E-state index in [9.17, 15) is 0 Å². The monoisotopic (exact) mass is 466 g/mol. The quantitative estimate of drug-likeness (QED) is 0.352. The molecule has 4 nitrogen and oxygen atoms in total. The minimum atomic E-state index is 0.346. The molecule has 0 radical (unpaired) electrons. The highest BCUT2D eigenvalue weighted by Gasteiger charge is 2.32. The van der Waals surface area contributed by atoms with Gasteiger partial charge in [0.15, 0.2) is 0 Å². The molecular weight excluding hydrogens is 428 g/mol. The Morgan fingerprint density at radius 2 is 1.61 bits per heavy atom. The molecule has 0 saturated carbocycles. The van der Waals surface area contributed by atoms with E-state index in [0.717, 1.165) is 62.9 Å². The lowest BCUT2D eigenvalue weighted by Gasteiger charge is -2.31. The Bertz CT molecular complexity index is 1090. The van der Waals surface area contributed by atoms with Gasteiger partial charge < -0.3 is 19.7 Å². The van der Waals surface area contributed by atoms with Gasteiger partial charge in [-0.1, -0.05) is 57.0 Å². The number of likely N-dealkylation sites (N-methyl/N-ethyl adjacent to an activating group) is 1. The zero-order chi connectivity index (χ0) is 23.5. The molecule has 2 aromatic carbocycles. The summed E-state index contributed by atoms with van der Waals surface area (Å²) in [5, 5.41) is 5.91. The summed E-state index contributed by atoms with van der Waals surface area (Å²) in [5.74, 6) is 0.346. The average Bonchev–Trinajstić information content (AvgIpc) is 3.12. The van der Waals surface area contributed by atoms with E-state index in [2.05, 4.69) is 84.6 Å². The van der Waals surface area contributed by atoms with Crippen LogP contribution in [-0.2, 0) is 6.54 Å². The zero-order valence-corrected chi connectivity index (χ0v) is 21.7. The van der Waals surface area contributed by atoms with E-state index in [1.54, 1.807) is 0 Å². The van der Waals surface area contributed by atoms with Crippen molar-refractivity contribution >= 4 is 33.9 Å². The van der Waals surface area contributed by atoms with Gasteiger partial charge in [-0.25, -0.2) is 0 Å². The summed E-state index contributed by atoms with van der Waals surface area (Å²) in [4.78, 5) is 5.05. The molecule has 2 heterocycles. The number of nitrogens with one attached hydrogen (secondary N) is 1. The van der Waals surface area contributed by atoms with Gasteiger partial charge in [0, 0.05) is 35.1 Å². The number of hydrogen-bond acceptors (Lipinski definition) is 3. The minimum Gasteiger partial charge on any atom is -0.353 e. The molecule has 3 aromatic rings. The molecule has 1 unspecified atom stereocenters. The minimum absolute atomic E-state index is 0.346. The van der Waals surface area contributed by atoms with E-state index >= 15 is 0 Å². The molecule has 5 heteroatoms.